The summed E-state index contributed by atoms with van der Waals surface area (Å²) in [6.07, 6.45) is 5.83. The molecule has 2 heterocycles. The summed E-state index contributed by atoms with van der Waals surface area (Å²) in [4.78, 5) is 8.21. The third-order valence-electron chi connectivity index (χ3n) is 3.36. The molecule has 1 N–H and O–H groups in total. The molecule has 0 radical (unpaired) electrons. The Morgan fingerprint density at radius 3 is 2.83 bits per heavy atom. The second kappa shape index (κ2) is 4.06. The van der Waals surface area contributed by atoms with E-state index < -0.39 is 5.60 Å². The molecule has 3 rings (SSSR count). The number of rotatable bonds is 3. The molecular formula is C12H13N3O3. The van der Waals surface area contributed by atoms with Crippen molar-refractivity contribution in [3.05, 3.63) is 24.3 Å². The molecular weight excluding hydrogens is 234 g/mol. The minimum atomic E-state index is -0.397. The highest BCUT2D eigenvalue weighted by Gasteiger charge is 2.43. The summed E-state index contributed by atoms with van der Waals surface area (Å²) in [7, 11) is 1.66. The normalized spacial score (nSPS) is 17.4. The number of pyridine rings is 1. The van der Waals surface area contributed by atoms with E-state index in [9.17, 15) is 5.11 Å². The number of nitrogens with zero attached hydrogens (tertiary/aromatic N) is 3. The van der Waals surface area contributed by atoms with Crippen LogP contribution in [-0.2, 0) is 10.3 Å². The van der Waals surface area contributed by atoms with E-state index in [1.807, 2.05) is 0 Å². The fourth-order valence-corrected chi connectivity index (χ4v) is 2.09. The molecule has 1 saturated carbocycles. The third-order valence-corrected chi connectivity index (χ3v) is 3.36. The first-order valence-electron chi connectivity index (χ1n) is 5.77. The van der Waals surface area contributed by atoms with Gasteiger partial charge in [0.25, 0.3) is 5.89 Å². The Morgan fingerprint density at radius 1 is 1.39 bits per heavy atom. The molecule has 0 saturated heterocycles. The summed E-state index contributed by atoms with van der Waals surface area (Å²) in [5.41, 5.74) is 0.200. The Kier molecular flexibility index (Phi) is 2.52. The third kappa shape index (κ3) is 1.65. The van der Waals surface area contributed by atoms with E-state index in [4.69, 9.17) is 9.26 Å². The summed E-state index contributed by atoms with van der Waals surface area (Å²) >= 11 is 0. The van der Waals surface area contributed by atoms with Crippen molar-refractivity contribution in [2.75, 3.05) is 7.11 Å². The first-order valence-corrected chi connectivity index (χ1v) is 5.77. The quantitative estimate of drug-likeness (QED) is 0.891. The highest BCUT2D eigenvalue weighted by atomic mass is 16.5. The molecule has 94 valence electrons. The van der Waals surface area contributed by atoms with Crippen LogP contribution in [0.15, 0.2) is 23.0 Å². The molecule has 0 atom stereocenters. The molecule has 2 aromatic rings. The SMILES string of the molecule is COC1(c2noc(-c3cncc(O)c3)n2)CCC1. The maximum absolute atomic E-state index is 9.37. The van der Waals surface area contributed by atoms with Gasteiger partial charge in [-0.2, -0.15) is 4.98 Å². The van der Waals surface area contributed by atoms with E-state index in [0.29, 0.717) is 17.3 Å². The van der Waals surface area contributed by atoms with Gasteiger partial charge in [0.15, 0.2) is 0 Å². The standard InChI is InChI=1S/C12H13N3O3/c1-17-12(3-2-4-12)11-14-10(18-15-11)8-5-9(16)7-13-6-8/h5-7,16H,2-4H2,1H3. The van der Waals surface area contributed by atoms with Crippen LogP contribution in [0.3, 0.4) is 0 Å². The van der Waals surface area contributed by atoms with Crippen molar-refractivity contribution < 1.29 is 14.4 Å². The lowest BCUT2D eigenvalue weighted by Gasteiger charge is -2.37. The van der Waals surface area contributed by atoms with Crippen LogP contribution in [0.1, 0.15) is 25.1 Å². The number of aromatic nitrogens is 3. The maximum atomic E-state index is 9.37. The van der Waals surface area contributed by atoms with Gasteiger partial charge in [0.05, 0.1) is 11.8 Å². The van der Waals surface area contributed by atoms with Gasteiger partial charge < -0.3 is 14.4 Å². The number of hydrogen-bond donors (Lipinski definition) is 1. The minimum Gasteiger partial charge on any atom is -0.506 e. The zero-order valence-electron chi connectivity index (χ0n) is 9.96. The van der Waals surface area contributed by atoms with Crippen molar-refractivity contribution in [2.24, 2.45) is 0 Å². The number of methoxy groups -OCH3 is 1. The van der Waals surface area contributed by atoms with E-state index in [1.54, 1.807) is 13.3 Å². The van der Waals surface area contributed by atoms with Crippen molar-refractivity contribution in [1.29, 1.82) is 0 Å². The Hall–Kier alpha value is -1.95. The van der Waals surface area contributed by atoms with Crippen LogP contribution in [0.5, 0.6) is 5.75 Å². The first-order chi connectivity index (χ1) is 8.73. The molecule has 0 amide bonds. The minimum absolute atomic E-state index is 0.0670. The average Bonchev–Trinajstić information content (AvgIpc) is 2.78. The Bertz CT molecular complexity index is 558. The van der Waals surface area contributed by atoms with Gasteiger partial charge in [0.2, 0.25) is 5.82 Å². The number of hydrogen-bond acceptors (Lipinski definition) is 6. The largest absolute Gasteiger partial charge is 0.506 e. The van der Waals surface area contributed by atoms with Gasteiger partial charge in [-0.1, -0.05) is 5.16 Å². The maximum Gasteiger partial charge on any atom is 0.259 e. The molecule has 18 heavy (non-hydrogen) atoms. The number of ether oxygens (including phenoxy) is 1. The summed E-state index contributed by atoms with van der Waals surface area (Å²) in [5, 5.41) is 13.3. The topological polar surface area (TPSA) is 81.3 Å². The molecule has 2 aromatic heterocycles. The van der Waals surface area contributed by atoms with E-state index in [-0.39, 0.29) is 5.75 Å². The van der Waals surface area contributed by atoms with Crippen molar-refractivity contribution >= 4 is 0 Å². The summed E-state index contributed by atoms with van der Waals surface area (Å²) < 4.78 is 10.7. The molecule has 1 aliphatic rings. The molecule has 6 nitrogen and oxygen atoms in total. The second-order valence-electron chi connectivity index (χ2n) is 4.41. The van der Waals surface area contributed by atoms with Crippen LogP contribution in [-0.4, -0.2) is 27.3 Å². The molecule has 6 heteroatoms. The van der Waals surface area contributed by atoms with Gasteiger partial charge in [0, 0.05) is 13.3 Å². The Morgan fingerprint density at radius 2 is 2.22 bits per heavy atom. The van der Waals surface area contributed by atoms with Gasteiger partial charge in [-0.3, -0.25) is 4.98 Å². The monoisotopic (exact) mass is 247 g/mol. The lowest BCUT2D eigenvalue weighted by Crippen LogP contribution is -2.37. The Balaban J connectivity index is 1.94. The fraction of sp³-hybridized carbons (Fsp3) is 0.417. The number of aromatic hydroxyl groups is 1. The van der Waals surface area contributed by atoms with Crippen LogP contribution in [0.2, 0.25) is 0 Å². The fourth-order valence-electron chi connectivity index (χ4n) is 2.09. The van der Waals surface area contributed by atoms with Gasteiger partial charge in [-0.05, 0) is 25.3 Å². The molecule has 0 aromatic carbocycles. The van der Waals surface area contributed by atoms with Crippen LogP contribution < -0.4 is 0 Å². The predicted octanol–water partition coefficient (Wildman–Crippen LogP) is 1.86. The van der Waals surface area contributed by atoms with Gasteiger partial charge >= 0.3 is 0 Å². The lowest BCUT2D eigenvalue weighted by molar-refractivity contribution is -0.0858. The molecule has 1 fully saturated rings. The van der Waals surface area contributed by atoms with Crippen LogP contribution in [0.25, 0.3) is 11.5 Å². The van der Waals surface area contributed by atoms with Crippen molar-refractivity contribution in [3.8, 4) is 17.2 Å². The van der Waals surface area contributed by atoms with Gasteiger partial charge in [0.1, 0.15) is 11.4 Å². The highest BCUT2D eigenvalue weighted by Crippen LogP contribution is 2.43. The van der Waals surface area contributed by atoms with Crippen molar-refractivity contribution in [1.82, 2.24) is 15.1 Å². The molecule has 0 spiro atoms. The first kappa shape index (κ1) is 11.2. The van der Waals surface area contributed by atoms with E-state index in [0.717, 1.165) is 19.3 Å². The smallest absolute Gasteiger partial charge is 0.259 e. The predicted molar refractivity (Wildman–Crippen MR) is 61.7 cm³/mol. The van der Waals surface area contributed by atoms with E-state index >= 15 is 0 Å². The molecule has 0 bridgehead atoms. The van der Waals surface area contributed by atoms with Crippen LogP contribution in [0, 0.1) is 0 Å². The van der Waals surface area contributed by atoms with E-state index in [2.05, 4.69) is 15.1 Å². The second-order valence-corrected chi connectivity index (χ2v) is 4.41. The van der Waals surface area contributed by atoms with Crippen molar-refractivity contribution in [2.45, 2.75) is 24.9 Å². The zero-order valence-corrected chi connectivity index (χ0v) is 9.96. The summed E-state index contributed by atoms with van der Waals surface area (Å²) in [6.45, 7) is 0. The lowest BCUT2D eigenvalue weighted by atomic mass is 9.79. The summed E-state index contributed by atoms with van der Waals surface area (Å²) in [5.74, 6) is 0.976. The highest BCUT2D eigenvalue weighted by molar-refractivity contribution is 5.53. The Labute approximate surface area is 104 Å². The molecule has 1 aliphatic carbocycles. The van der Waals surface area contributed by atoms with Gasteiger partial charge in [-0.25, -0.2) is 0 Å². The van der Waals surface area contributed by atoms with E-state index in [1.165, 1.54) is 12.3 Å². The van der Waals surface area contributed by atoms with Crippen LogP contribution in [0.4, 0.5) is 0 Å². The van der Waals surface area contributed by atoms with Crippen molar-refractivity contribution in [3.63, 3.8) is 0 Å². The van der Waals surface area contributed by atoms with Gasteiger partial charge in [-0.15, -0.1) is 0 Å². The zero-order chi connectivity index (χ0) is 12.6. The summed E-state index contributed by atoms with van der Waals surface area (Å²) in [6, 6.07) is 1.53. The average molecular weight is 247 g/mol. The molecule has 0 aliphatic heterocycles. The molecule has 0 unspecified atom stereocenters. The van der Waals surface area contributed by atoms with Crippen LogP contribution >= 0.6 is 0 Å².